The molecule has 0 rings (SSSR count). The van der Waals surface area contributed by atoms with E-state index < -0.39 is 0 Å². The van der Waals surface area contributed by atoms with E-state index >= 15 is 0 Å². The van der Waals surface area contributed by atoms with Crippen LogP contribution < -0.4 is 0 Å². The maximum absolute atomic E-state index is 11.8. The fourth-order valence-corrected chi connectivity index (χ4v) is 1.48. The predicted octanol–water partition coefficient (Wildman–Crippen LogP) is 2.73. The molecule has 2 nitrogen and oxygen atoms in total. The summed E-state index contributed by atoms with van der Waals surface area (Å²) in [5.41, 5.74) is 0. The van der Waals surface area contributed by atoms with E-state index in [1.165, 1.54) is 0 Å². The van der Waals surface area contributed by atoms with Crippen LogP contribution in [0.15, 0.2) is 0 Å². The molecule has 2 unspecified atom stereocenters. The van der Waals surface area contributed by atoms with Crippen molar-refractivity contribution in [2.75, 3.05) is 6.54 Å². The summed E-state index contributed by atoms with van der Waals surface area (Å²) in [6, 6.07) is 0.337. The Morgan fingerprint density at radius 2 is 1.93 bits per heavy atom. The van der Waals surface area contributed by atoms with Gasteiger partial charge in [0.25, 0.3) is 0 Å². The Bertz CT molecular complexity index is 171. The number of hydrogen-bond donors (Lipinski definition) is 1. The fraction of sp³-hybridized carbons (Fsp3) is 0.909. The Morgan fingerprint density at radius 1 is 1.36 bits per heavy atom. The average molecular weight is 217 g/mol. The summed E-state index contributed by atoms with van der Waals surface area (Å²) in [4.78, 5) is 13.8. The Morgan fingerprint density at radius 3 is 2.29 bits per heavy atom. The van der Waals surface area contributed by atoms with Gasteiger partial charge in [0.05, 0.1) is 5.25 Å². The van der Waals surface area contributed by atoms with Crippen molar-refractivity contribution in [1.29, 1.82) is 0 Å². The number of hydrogen-bond acceptors (Lipinski definition) is 2. The molecule has 0 aromatic carbocycles. The molecule has 3 heteroatoms. The zero-order chi connectivity index (χ0) is 11.1. The number of rotatable bonds is 6. The lowest BCUT2D eigenvalue weighted by molar-refractivity contribution is -0.132. The van der Waals surface area contributed by atoms with Gasteiger partial charge in [-0.2, -0.15) is 12.6 Å². The van der Waals surface area contributed by atoms with Crippen molar-refractivity contribution in [2.45, 2.75) is 58.2 Å². The van der Waals surface area contributed by atoms with Crippen molar-refractivity contribution in [3.05, 3.63) is 0 Å². The van der Waals surface area contributed by atoms with E-state index in [1.807, 2.05) is 11.8 Å². The molecule has 0 heterocycles. The average Bonchev–Trinajstić information content (AvgIpc) is 2.17. The van der Waals surface area contributed by atoms with E-state index in [2.05, 4.69) is 33.4 Å². The van der Waals surface area contributed by atoms with Crippen molar-refractivity contribution >= 4 is 18.5 Å². The highest BCUT2D eigenvalue weighted by molar-refractivity contribution is 7.81. The molecule has 0 aromatic heterocycles. The zero-order valence-electron chi connectivity index (χ0n) is 9.79. The van der Waals surface area contributed by atoms with Gasteiger partial charge in [-0.3, -0.25) is 4.79 Å². The van der Waals surface area contributed by atoms with E-state index in [0.29, 0.717) is 6.04 Å². The minimum absolute atomic E-state index is 0.163. The van der Waals surface area contributed by atoms with Crippen LogP contribution in [0, 0.1) is 0 Å². The summed E-state index contributed by atoms with van der Waals surface area (Å²) in [5.74, 6) is 0.163. The van der Waals surface area contributed by atoms with E-state index in [-0.39, 0.29) is 11.2 Å². The lowest BCUT2D eigenvalue weighted by atomic mass is 10.2. The monoisotopic (exact) mass is 217 g/mol. The molecule has 0 spiro atoms. The highest BCUT2D eigenvalue weighted by Crippen LogP contribution is 2.10. The Kier molecular flexibility index (Phi) is 7.06. The van der Waals surface area contributed by atoms with Crippen LogP contribution in [0.5, 0.6) is 0 Å². The molecule has 0 aliphatic carbocycles. The molecule has 0 aliphatic heterocycles. The van der Waals surface area contributed by atoms with Gasteiger partial charge < -0.3 is 4.90 Å². The lowest BCUT2D eigenvalue weighted by Gasteiger charge is -2.29. The standard InChI is InChI=1S/C11H23NOS/c1-5-7-8-12(9(3)6-2)11(13)10(4)14/h9-10,14H,5-8H2,1-4H3. The first-order valence-electron chi connectivity index (χ1n) is 5.53. The number of unbranched alkanes of at least 4 members (excludes halogenated alkanes) is 1. The highest BCUT2D eigenvalue weighted by Gasteiger charge is 2.20. The summed E-state index contributed by atoms with van der Waals surface area (Å²) in [6.07, 6.45) is 3.22. The zero-order valence-corrected chi connectivity index (χ0v) is 10.7. The van der Waals surface area contributed by atoms with E-state index in [0.717, 1.165) is 25.8 Å². The number of carbonyl (C=O) groups excluding carboxylic acids is 1. The molecule has 0 saturated heterocycles. The highest BCUT2D eigenvalue weighted by atomic mass is 32.1. The number of carbonyl (C=O) groups is 1. The SMILES string of the molecule is CCCCN(C(=O)C(C)S)C(C)CC. The number of thiol groups is 1. The van der Waals surface area contributed by atoms with Crippen LogP contribution in [0.1, 0.15) is 47.0 Å². The quantitative estimate of drug-likeness (QED) is 0.678. The van der Waals surface area contributed by atoms with Crippen LogP contribution in [0.3, 0.4) is 0 Å². The normalized spacial score (nSPS) is 14.9. The van der Waals surface area contributed by atoms with Gasteiger partial charge in [-0.15, -0.1) is 0 Å². The van der Waals surface area contributed by atoms with Gasteiger partial charge in [0, 0.05) is 12.6 Å². The topological polar surface area (TPSA) is 20.3 Å². The summed E-state index contributed by atoms with van der Waals surface area (Å²) in [5, 5.41) is -0.180. The van der Waals surface area contributed by atoms with Crippen molar-refractivity contribution in [2.24, 2.45) is 0 Å². The molecule has 0 bridgehead atoms. The molecule has 0 radical (unpaired) electrons. The first kappa shape index (κ1) is 13.8. The van der Waals surface area contributed by atoms with E-state index in [9.17, 15) is 4.79 Å². The second-order valence-corrected chi connectivity index (χ2v) is 4.59. The van der Waals surface area contributed by atoms with Gasteiger partial charge >= 0.3 is 0 Å². The third-order valence-electron chi connectivity index (χ3n) is 2.52. The predicted molar refractivity (Wildman–Crippen MR) is 64.8 cm³/mol. The summed E-state index contributed by atoms with van der Waals surface area (Å²) >= 11 is 4.20. The van der Waals surface area contributed by atoms with Crippen molar-refractivity contribution in [3.63, 3.8) is 0 Å². The molecule has 1 amide bonds. The van der Waals surface area contributed by atoms with Gasteiger partial charge in [0.15, 0.2) is 0 Å². The molecule has 14 heavy (non-hydrogen) atoms. The van der Waals surface area contributed by atoms with Gasteiger partial charge in [-0.05, 0) is 26.7 Å². The van der Waals surface area contributed by atoms with Gasteiger partial charge in [-0.25, -0.2) is 0 Å². The van der Waals surface area contributed by atoms with Crippen LogP contribution in [0.4, 0.5) is 0 Å². The minimum Gasteiger partial charge on any atom is -0.339 e. The number of nitrogens with zero attached hydrogens (tertiary/aromatic N) is 1. The largest absolute Gasteiger partial charge is 0.339 e. The molecular formula is C11H23NOS. The Balaban J connectivity index is 4.30. The summed E-state index contributed by atoms with van der Waals surface area (Å²) in [6.45, 7) is 9.06. The van der Waals surface area contributed by atoms with Gasteiger partial charge in [-0.1, -0.05) is 20.3 Å². The van der Waals surface area contributed by atoms with Crippen LogP contribution in [0.25, 0.3) is 0 Å². The van der Waals surface area contributed by atoms with Crippen molar-refractivity contribution in [1.82, 2.24) is 4.90 Å². The van der Waals surface area contributed by atoms with Crippen LogP contribution in [-0.2, 0) is 4.79 Å². The lowest BCUT2D eigenvalue weighted by Crippen LogP contribution is -2.42. The van der Waals surface area contributed by atoms with Crippen LogP contribution >= 0.6 is 12.6 Å². The first-order valence-corrected chi connectivity index (χ1v) is 6.04. The van der Waals surface area contributed by atoms with Gasteiger partial charge in [0.2, 0.25) is 5.91 Å². The molecule has 84 valence electrons. The number of amides is 1. The van der Waals surface area contributed by atoms with Crippen molar-refractivity contribution < 1.29 is 4.79 Å². The fourth-order valence-electron chi connectivity index (χ4n) is 1.34. The third-order valence-corrected chi connectivity index (χ3v) is 2.74. The molecule has 0 aliphatic rings. The maximum atomic E-state index is 11.8. The van der Waals surface area contributed by atoms with E-state index in [4.69, 9.17) is 0 Å². The molecule has 2 atom stereocenters. The minimum atomic E-state index is -0.180. The molecule has 0 saturated carbocycles. The molecular weight excluding hydrogens is 194 g/mol. The van der Waals surface area contributed by atoms with Crippen molar-refractivity contribution in [3.8, 4) is 0 Å². The second kappa shape index (κ2) is 7.16. The molecule has 0 aromatic rings. The molecule has 0 fully saturated rings. The third kappa shape index (κ3) is 4.36. The smallest absolute Gasteiger partial charge is 0.235 e. The van der Waals surface area contributed by atoms with Crippen LogP contribution in [-0.4, -0.2) is 28.6 Å². The first-order chi connectivity index (χ1) is 6.54. The summed E-state index contributed by atoms with van der Waals surface area (Å²) in [7, 11) is 0. The Labute approximate surface area is 93.5 Å². The second-order valence-electron chi connectivity index (χ2n) is 3.82. The Hall–Kier alpha value is -0.180. The molecule has 0 N–H and O–H groups in total. The maximum Gasteiger partial charge on any atom is 0.235 e. The van der Waals surface area contributed by atoms with Crippen LogP contribution in [0.2, 0.25) is 0 Å². The summed E-state index contributed by atoms with van der Waals surface area (Å²) < 4.78 is 0. The van der Waals surface area contributed by atoms with E-state index in [1.54, 1.807) is 0 Å². The van der Waals surface area contributed by atoms with Gasteiger partial charge in [0.1, 0.15) is 0 Å².